The number of nitrogens with zero attached hydrogens (tertiary/aromatic N) is 2. The van der Waals surface area contributed by atoms with E-state index in [4.69, 9.17) is 4.74 Å². The van der Waals surface area contributed by atoms with Crippen LogP contribution in [-0.4, -0.2) is 57.1 Å². The summed E-state index contributed by atoms with van der Waals surface area (Å²) in [6, 6.07) is 13.6. The van der Waals surface area contributed by atoms with Gasteiger partial charge in [0.1, 0.15) is 18.3 Å². The van der Waals surface area contributed by atoms with E-state index in [0.717, 1.165) is 47.4 Å². The van der Waals surface area contributed by atoms with Crippen LogP contribution in [0.2, 0.25) is 0 Å². The predicted octanol–water partition coefficient (Wildman–Crippen LogP) is 3.25. The lowest BCUT2D eigenvalue weighted by Crippen LogP contribution is -2.52. The van der Waals surface area contributed by atoms with Gasteiger partial charge < -0.3 is 15.0 Å². The Hall–Kier alpha value is -3.07. The molecule has 2 amide bonds. The second kappa shape index (κ2) is 11.6. The molecular weight excluding hydrogens is 466 g/mol. The van der Waals surface area contributed by atoms with Crippen molar-refractivity contribution in [2.45, 2.75) is 58.2 Å². The lowest BCUT2D eigenvalue weighted by atomic mass is 10.1. The maximum absolute atomic E-state index is 13.6. The summed E-state index contributed by atoms with van der Waals surface area (Å²) in [5, 5.41) is 3.06. The molecule has 2 aromatic rings. The first-order valence-electron chi connectivity index (χ1n) is 11.9. The molecule has 1 saturated carbocycles. The number of carbonyl (C=O) groups excluding carboxylic acids is 2. The number of anilines is 1. The Morgan fingerprint density at radius 3 is 2.43 bits per heavy atom. The van der Waals surface area contributed by atoms with Gasteiger partial charge in [0.2, 0.25) is 21.8 Å². The van der Waals surface area contributed by atoms with Gasteiger partial charge in [-0.15, -0.1) is 0 Å². The summed E-state index contributed by atoms with van der Waals surface area (Å²) in [6.07, 6.45) is 5.08. The molecule has 0 saturated heterocycles. The maximum atomic E-state index is 13.6. The summed E-state index contributed by atoms with van der Waals surface area (Å²) in [7, 11) is -2.19. The summed E-state index contributed by atoms with van der Waals surface area (Å²) in [6.45, 7) is 3.27. The van der Waals surface area contributed by atoms with Gasteiger partial charge in [-0.1, -0.05) is 37.1 Å². The first-order chi connectivity index (χ1) is 16.6. The van der Waals surface area contributed by atoms with Crippen molar-refractivity contribution in [3.8, 4) is 5.75 Å². The molecule has 3 rings (SSSR count). The molecule has 35 heavy (non-hydrogen) atoms. The zero-order chi connectivity index (χ0) is 25.6. The number of carbonyl (C=O) groups is 2. The smallest absolute Gasteiger partial charge is 0.244 e. The van der Waals surface area contributed by atoms with Crippen LogP contribution in [0, 0.1) is 6.92 Å². The van der Waals surface area contributed by atoms with Crippen molar-refractivity contribution in [1.29, 1.82) is 0 Å². The maximum Gasteiger partial charge on any atom is 0.244 e. The average Bonchev–Trinajstić information content (AvgIpc) is 3.32. The number of amides is 2. The molecule has 1 atom stereocenters. The van der Waals surface area contributed by atoms with Crippen molar-refractivity contribution in [3.63, 3.8) is 0 Å². The van der Waals surface area contributed by atoms with Gasteiger partial charge >= 0.3 is 0 Å². The molecule has 1 fully saturated rings. The van der Waals surface area contributed by atoms with Gasteiger partial charge in [-0.2, -0.15) is 0 Å². The lowest BCUT2D eigenvalue weighted by Gasteiger charge is -2.32. The SMILES string of the molecule is COc1cccc(CN(C(=O)CN(c2cccc(C)c2)S(C)(=O)=O)C(C)C(=O)NC2CCCC2)c1. The van der Waals surface area contributed by atoms with Gasteiger partial charge in [-0.3, -0.25) is 13.9 Å². The monoisotopic (exact) mass is 501 g/mol. The van der Waals surface area contributed by atoms with Crippen molar-refractivity contribution in [2.75, 3.05) is 24.2 Å². The summed E-state index contributed by atoms with van der Waals surface area (Å²) in [5.74, 6) is -0.0705. The Bertz CT molecular complexity index is 1150. The lowest BCUT2D eigenvalue weighted by molar-refractivity contribution is -0.139. The Morgan fingerprint density at radius 1 is 1.11 bits per heavy atom. The average molecular weight is 502 g/mol. The van der Waals surface area contributed by atoms with Crippen molar-refractivity contribution in [1.82, 2.24) is 10.2 Å². The first-order valence-corrected chi connectivity index (χ1v) is 13.7. The van der Waals surface area contributed by atoms with E-state index in [1.54, 1.807) is 44.4 Å². The molecule has 0 heterocycles. The second-order valence-electron chi connectivity index (χ2n) is 9.15. The molecule has 1 unspecified atom stereocenters. The van der Waals surface area contributed by atoms with Gasteiger partial charge in [-0.05, 0) is 62.1 Å². The minimum Gasteiger partial charge on any atom is -0.497 e. The number of sulfonamides is 1. The van der Waals surface area contributed by atoms with E-state index >= 15 is 0 Å². The van der Waals surface area contributed by atoms with Crippen molar-refractivity contribution in [3.05, 3.63) is 59.7 Å². The van der Waals surface area contributed by atoms with E-state index in [0.29, 0.717) is 11.4 Å². The number of benzene rings is 2. The molecule has 0 spiro atoms. The van der Waals surface area contributed by atoms with E-state index in [9.17, 15) is 18.0 Å². The second-order valence-corrected chi connectivity index (χ2v) is 11.1. The number of ether oxygens (including phenoxy) is 1. The van der Waals surface area contributed by atoms with Gasteiger partial charge in [-0.25, -0.2) is 8.42 Å². The fraction of sp³-hybridized carbons (Fsp3) is 0.462. The zero-order valence-electron chi connectivity index (χ0n) is 20.9. The van der Waals surface area contributed by atoms with Crippen LogP contribution in [0.3, 0.4) is 0 Å². The van der Waals surface area contributed by atoms with Gasteiger partial charge in [0, 0.05) is 12.6 Å². The van der Waals surface area contributed by atoms with Crippen LogP contribution < -0.4 is 14.4 Å². The van der Waals surface area contributed by atoms with E-state index in [2.05, 4.69) is 5.32 Å². The summed E-state index contributed by atoms with van der Waals surface area (Å²) in [5.41, 5.74) is 2.06. The topological polar surface area (TPSA) is 96.0 Å². The fourth-order valence-electron chi connectivity index (χ4n) is 4.34. The largest absolute Gasteiger partial charge is 0.497 e. The van der Waals surface area contributed by atoms with Gasteiger partial charge in [0.05, 0.1) is 19.1 Å². The number of hydrogen-bond donors (Lipinski definition) is 1. The molecule has 1 N–H and O–H groups in total. The number of hydrogen-bond acceptors (Lipinski definition) is 5. The quantitative estimate of drug-likeness (QED) is 0.539. The van der Waals surface area contributed by atoms with Crippen LogP contribution in [0.5, 0.6) is 5.75 Å². The van der Waals surface area contributed by atoms with Crippen LogP contribution in [0.15, 0.2) is 48.5 Å². The number of rotatable bonds is 10. The molecule has 8 nitrogen and oxygen atoms in total. The third-order valence-electron chi connectivity index (χ3n) is 6.32. The molecule has 1 aliphatic carbocycles. The highest BCUT2D eigenvalue weighted by atomic mass is 32.2. The molecule has 1 aliphatic rings. The predicted molar refractivity (Wildman–Crippen MR) is 137 cm³/mol. The van der Waals surface area contributed by atoms with Crippen LogP contribution in [0.25, 0.3) is 0 Å². The van der Waals surface area contributed by atoms with Crippen molar-refractivity contribution in [2.24, 2.45) is 0 Å². The van der Waals surface area contributed by atoms with E-state index in [1.165, 1.54) is 4.90 Å². The van der Waals surface area contributed by atoms with Crippen LogP contribution in [-0.2, 0) is 26.2 Å². The van der Waals surface area contributed by atoms with Crippen LogP contribution in [0.1, 0.15) is 43.7 Å². The molecule has 0 bridgehead atoms. The standard InChI is InChI=1S/C26H35N3O5S/c1-19-9-7-13-23(15-19)29(35(4,32)33)18-25(30)28(17-21-10-8-14-24(16-21)34-3)20(2)26(31)27-22-11-5-6-12-22/h7-10,13-16,20,22H,5-6,11-12,17-18H2,1-4H3,(H,27,31). The molecular formula is C26H35N3O5S. The Kier molecular flexibility index (Phi) is 8.77. The minimum atomic E-state index is -3.75. The fourth-order valence-corrected chi connectivity index (χ4v) is 5.18. The number of nitrogens with one attached hydrogen (secondary N) is 1. The molecule has 0 aliphatic heterocycles. The van der Waals surface area contributed by atoms with E-state index in [-0.39, 0.29) is 18.5 Å². The minimum absolute atomic E-state index is 0.110. The Balaban J connectivity index is 1.89. The molecule has 9 heteroatoms. The number of methoxy groups -OCH3 is 1. The van der Waals surface area contributed by atoms with Crippen molar-refractivity contribution >= 4 is 27.5 Å². The highest BCUT2D eigenvalue weighted by Crippen LogP contribution is 2.22. The normalized spacial score (nSPS) is 14.9. The molecule has 190 valence electrons. The van der Waals surface area contributed by atoms with Crippen molar-refractivity contribution < 1.29 is 22.7 Å². The highest BCUT2D eigenvalue weighted by molar-refractivity contribution is 7.92. The first kappa shape index (κ1) is 26.5. The molecule has 0 radical (unpaired) electrons. The molecule has 0 aromatic heterocycles. The van der Waals surface area contributed by atoms with Gasteiger partial charge in [0.15, 0.2) is 0 Å². The third-order valence-corrected chi connectivity index (χ3v) is 7.47. The summed E-state index contributed by atoms with van der Waals surface area (Å²) >= 11 is 0. The Labute approximate surface area is 208 Å². The van der Waals surface area contributed by atoms with Crippen LogP contribution >= 0.6 is 0 Å². The third kappa shape index (κ3) is 7.21. The van der Waals surface area contributed by atoms with E-state index in [1.807, 2.05) is 25.1 Å². The summed E-state index contributed by atoms with van der Waals surface area (Å²) in [4.78, 5) is 28.1. The Morgan fingerprint density at radius 2 is 1.80 bits per heavy atom. The zero-order valence-corrected chi connectivity index (χ0v) is 21.7. The van der Waals surface area contributed by atoms with Crippen LogP contribution in [0.4, 0.5) is 5.69 Å². The van der Waals surface area contributed by atoms with E-state index < -0.39 is 28.5 Å². The summed E-state index contributed by atoms with van der Waals surface area (Å²) < 4.78 is 31.7. The molecule has 2 aromatic carbocycles. The number of aryl methyl sites for hydroxylation is 1. The van der Waals surface area contributed by atoms with Gasteiger partial charge in [0.25, 0.3) is 0 Å². The highest BCUT2D eigenvalue weighted by Gasteiger charge is 2.31.